The van der Waals surface area contributed by atoms with Gasteiger partial charge in [-0.15, -0.1) is 0 Å². The highest BCUT2D eigenvalue weighted by molar-refractivity contribution is 6.01. The second kappa shape index (κ2) is 7.19. The molecule has 0 saturated carbocycles. The first-order valence-electron chi connectivity index (χ1n) is 6.90. The largest absolute Gasteiger partial charge is 0.478 e. The molecule has 0 aliphatic heterocycles. The predicted octanol–water partition coefficient (Wildman–Crippen LogP) is 2.24. The quantitative estimate of drug-likeness (QED) is 0.575. The molecule has 0 heterocycles. The fraction of sp³-hybridized carbons (Fsp3) is 0.0588. The van der Waals surface area contributed by atoms with Crippen molar-refractivity contribution in [2.45, 2.75) is 6.92 Å². The third kappa shape index (κ3) is 4.04. The smallest absolute Gasteiger partial charge is 0.335 e. The fourth-order valence-electron chi connectivity index (χ4n) is 1.88. The SMILES string of the molecule is C/C(=N\NC(=O)c1ccc(C(=O)O)cc1)c1ccc(C(=O)O)cc1. The maximum atomic E-state index is 12.0. The second-order valence-electron chi connectivity index (χ2n) is 4.90. The first kappa shape index (κ1) is 16.9. The molecule has 2 aromatic carbocycles. The summed E-state index contributed by atoms with van der Waals surface area (Å²) in [5.74, 6) is -2.57. The van der Waals surface area contributed by atoms with Crippen LogP contribution in [0.1, 0.15) is 43.6 Å². The lowest BCUT2D eigenvalue weighted by Gasteiger charge is -2.04. The van der Waals surface area contributed by atoms with Crippen molar-refractivity contribution in [1.29, 1.82) is 0 Å². The summed E-state index contributed by atoms with van der Waals surface area (Å²) < 4.78 is 0. The maximum absolute atomic E-state index is 12.0. The summed E-state index contributed by atoms with van der Waals surface area (Å²) in [6, 6.07) is 11.5. The average molecular weight is 326 g/mol. The normalized spacial score (nSPS) is 11.0. The van der Waals surface area contributed by atoms with Crippen LogP contribution in [-0.4, -0.2) is 33.8 Å². The summed E-state index contributed by atoms with van der Waals surface area (Å²) in [5, 5.41) is 21.6. The molecule has 0 aliphatic carbocycles. The van der Waals surface area contributed by atoms with E-state index in [1.807, 2.05) is 0 Å². The van der Waals surface area contributed by atoms with Crippen LogP contribution in [0, 0.1) is 0 Å². The maximum Gasteiger partial charge on any atom is 0.335 e. The molecular formula is C17H14N2O5. The van der Waals surface area contributed by atoms with Crippen LogP contribution in [0.5, 0.6) is 0 Å². The summed E-state index contributed by atoms with van der Waals surface area (Å²) >= 11 is 0. The van der Waals surface area contributed by atoms with E-state index >= 15 is 0 Å². The highest BCUT2D eigenvalue weighted by Crippen LogP contribution is 2.07. The van der Waals surface area contributed by atoms with Crippen LogP contribution >= 0.6 is 0 Å². The number of hydrogen-bond donors (Lipinski definition) is 3. The van der Waals surface area contributed by atoms with Crippen LogP contribution in [0.3, 0.4) is 0 Å². The Kier molecular flexibility index (Phi) is 5.06. The monoisotopic (exact) mass is 326 g/mol. The molecule has 1 amide bonds. The van der Waals surface area contributed by atoms with Crippen LogP contribution in [0.25, 0.3) is 0 Å². The molecule has 0 aliphatic rings. The average Bonchev–Trinajstić information content (AvgIpc) is 2.59. The van der Waals surface area contributed by atoms with E-state index in [9.17, 15) is 14.4 Å². The Bertz CT molecular complexity index is 808. The van der Waals surface area contributed by atoms with Crippen molar-refractivity contribution < 1.29 is 24.6 Å². The minimum absolute atomic E-state index is 0.0877. The molecular weight excluding hydrogens is 312 g/mol. The molecule has 0 aromatic heterocycles. The predicted molar refractivity (Wildman–Crippen MR) is 86.5 cm³/mol. The number of carbonyl (C=O) groups excluding carboxylic acids is 1. The van der Waals surface area contributed by atoms with Gasteiger partial charge in [0.05, 0.1) is 16.8 Å². The Hall–Kier alpha value is -3.48. The Labute approximate surface area is 137 Å². The Morgan fingerprint density at radius 3 is 1.54 bits per heavy atom. The molecule has 3 N–H and O–H groups in total. The second-order valence-corrected chi connectivity index (χ2v) is 4.90. The number of rotatable bonds is 5. The van der Waals surface area contributed by atoms with Crippen molar-refractivity contribution >= 4 is 23.6 Å². The van der Waals surface area contributed by atoms with Crippen LogP contribution in [0.15, 0.2) is 53.6 Å². The first-order chi connectivity index (χ1) is 11.4. The van der Waals surface area contributed by atoms with Gasteiger partial charge in [-0.2, -0.15) is 5.10 Å². The van der Waals surface area contributed by atoms with Gasteiger partial charge in [0.25, 0.3) is 5.91 Å². The summed E-state index contributed by atoms with van der Waals surface area (Å²) in [5.41, 5.74) is 4.06. The van der Waals surface area contributed by atoms with Crippen molar-refractivity contribution in [2.75, 3.05) is 0 Å². The Balaban J connectivity index is 2.06. The van der Waals surface area contributed by atoms with E-state index in [0.717, 1.165) is 0 Å². The molecule has 0 spiro atoms. The van der Waals surface area contributed by atoms with Gasteiger partial charge in [-0.3, -0.25) is 4.79 Å². The van der Waals surface area contributed by atoms with Gasteiger partial charge >= 0.3 is 11.9 Å². The highest BCUT2D eigenvalue weighted by Gasteiger charge is 2.08. The lowest BCUT2D eigenvalue weighted by molar-refractivity contribution is 0.0686. The molecule has 0 unspecified atom stereocenters. The van der Waals surface area contributed by atoms with E-state index in [1.54, 1.807) is 19.1 Å². The Morgan fingerprint density at radius 1 is 0.750 bits per heavy atom. The standard InChI is InChI=1S/C17H14N2O5/c1-10(11-2-6-13(7-3-11)16(21)22)18-19-15(20)12-4-8-14(9-5-12)17(23)24/h2-9H,1H3,(H,19,20)(H,21,22)(H,23,24)/b18-10+. The number of benzene rings is 2. The molecule has 7 nitrogen and oxygen atoms in total. The topological polar surface area (TPSA) is 116 Å². The van der Waals surface area contributed by atoms with E-state index in [1.165, 1.54) is 36.4 Å². The zero-order valence-corrected chi connectivity index (χ0v) is 12.7. The van der Waals surface area contributed by atoms with Gasteiger partial charge in [0.15, 0.2) is 0 Å². The van der Waals surface area contributed by atoms with Crippen LogP contribution in [-0.2, 0) is 0 Å². The van der Waals surface area contributed by atoms with Crippen LogP contribution < -0.4 is 5.43 Å². The van der Waals surface area contributed by atoms with Crippen molar-refractivity contribution in [2.24, 2.45) is 5.10 Å². The molecule has 122 valence electrons. The minimum Gasteiger partial charge on any atom is -0.478 e. The lowest BCUT2D eigenvalue weighted by atomic mass is 10.1. The summed E-state index contributed by atoms with van der Waals surface area (Å²) in [6.45, 7) is 1.67. The van der Waals surface area contributed by atoms with Crippen molar-refractivity contribution in [1.82, 2.24) is 5.43 Å². The number of amides is 1. The summed E-state index contributed by atoms with van der Waals surface area (Å²) in [4.78, 5) is 33.5. The van der Waals surface area contributed by atoms with Gasteiger partial charge in [-0.25, -0.2) is 15.0 Å². The van der Waals surface area contributed by atoms with Crippen LogP contribution in [0.2, 0.25) is 0 Å². The zero-order valence-electron chi connectivity index (χ0n) is 12.7. The first-order valence-corrected chi connectivity index (χ1v) is 6.90. The van der Waals surface area contributed by atoms with Crippen molar-refractivity contribution in [3.8, 4) is 0 Å². The number of carboxylic acid groups (broad SMARTS) is 2. The lowest BCUT2D eigenvalue weighted by Crippen LogP contribution is -2.19. The molecule has 0 saturated heterocycles. The van der Waals surface area contributed by atoms with Crippen LogP contribution in [0.4, 0.5) is 0 Å². The van der Waals surface area contributed by atoms with Gasteiger partial charge in [0.1, 0.15) is 0 Å². The fourth-order valence-corrected chi connectivity index (χ4v) is 1.88. The van der Waals surface area contributed by atoms with E-state index in [0.29, 0.717) is 11.3 Å². The minimum atomic E-state index is -1.07. The van der Waals surface area contributed by atoms with Crippen molar-refractivity contribution in [3.63, 3.8) is 0 Å². The molecule has 24 heavy (non-hydrogen) atoms. The van der Waals surface area contributed by atoms with Gasteiger partial charge < -0.3 is 10.2 Å². The van der Waals surface area contributed by atoms with Gasteiger partial charge in [-0.05, 0) is 48.9 Å². The molecule has 2 aromatic rings. The third-order valence-corrected chi connectivity index (χ3v) is 3.27. The molecule has 0 bridgehead atoms. The van der Waals surface area contributed by atoms with Crippen molar-refractivity contribution in [3.05, 3.63) is 70.8 Å². The number of nitrogens with zero attached hydrogens (tertiary/aromatic N) is 1. The summed E-state index contributed by atoms with van der Waals surface area (Å²) in [7, 11) is 0. The van der Waals surface area contributed by atoms with E-state index in [4.69, 9.17) is 10.2 Å². The van der Waals surface area contributed by atoms with Gasteiger partial charge in [-0.1, -0.05) is 12.1 Å². The summed E-state index contributed by atoms with van der Waals surface area (Å²) in [6.07, 6.45) is 0. The van der Waals surface area contributed by atoms with Gasteiger partial charge in [0.2, 0.25) is 0 Å². The molecule has 7 heteroatoms. The third-order valence-electron chi connectivity index (χ3n) is 3.27. The van der Waals surface area contributed by atoms with E-state index in [-0.39, 0.29) is 16.7 Å². The number of carboxylic acids is 2. The molecule has 0 radical (unpaired) electrons. The van der Waals surface area contributed by atoms with E-state index < -0.39 is 17.8 Å². The zero-order chi connectivity index (χ0) is 17.7. The number of nitrogens with one attached hydrogen (secondary N) is 1. The number of hydrazone groups is 1. The number of aromatic carboxylic acids is 2. The molecule has 0 atom stereocenters. The van der Waals surface area contributed by atoms with Gasteiger partial charge in [0, 0.05) is 5.56 Å². The number of hydrogen-bond acceptors (Lipinski definition) is 4. The Morgan fingerprint density at radius 2 is 1.12 bits per heavy atom. The highest BCUT2D eigenvalue weighted by atomic mass is 16.4. The van der Waals surface area contributed by atoms with E-state index in [2.05, 4.69) is 10.5 Å². The molecule has 2 rings (SSSR count). The molecule has 0 fully saturated rings. The number of carbonyl (C=O) groups is 3.